The van der Waals surface area contributed by atoms with Crippen LogP contribution in [-0.2, 0) is 4.79 Å². The van der Waals surface area contributed by atoms with Crippen LogP contribution in [0.5, 0.6) is 0 Å². The minimum absolute atomic E-state index is 0.284. The first-order valence-electron chi connectivity index (χ1n) is 7.27. The molecule has 1 saturated carbocycles. The molecule has 0 aromatic rings. The Balaban J connectivity index is 1.55. The van der Waals surface area contributed by atoms with Gasteiger partial charge >= 0.3 is 0 Å². The van der Waals surface area contributed by atoms with Gasteiger partial charge in [0.2, 0.25) is 5.91 Å². The fourth-order valence-corrected chi connectivity index (χ4v) is 3.05. The van der Waals surface area contributed by atoms with E-state index in [1.54, 1.807) is 0 Å². The summed E-state index contributed by atoms with van der Waals surface area (Å²) in [4.78, 5) is 14.2. The molecule has 1 N–H and O–H groups in total. The van der Waals surface area contributed by atoms with Crippen molar-refractivity contribution in [2.24, 2.45) is 11.8 Å². The van der Waals surface area contributed by atoms with Crippen molar-refractivity contribution >= 4 is 5.91 Å². The summed E-state index contributed by atoms with van der Waals surface area (Å²) in [6.07, 6.45) is 7.32. The summed E-state index contributed by atoms with van der Waals surface area (Å²) in [6, 6.07) is 0. The molecule has 0 radical (unpaired) electrons. The zero-order valence-corrected chi connectivity index (χ0v) is 11.1. The molecule has 0 atom stereocenters. The van der Waals surface area contributed by atoms with E-state index in [0.29, 0.717) is 11.8 Å². The van der Waals surface area contributed by atoms with Crippen LogP contribution in [0.4, 0.5) is 0 Å². The number of carbonyl (C=O) groups excluding carboxylic acids is 1. The average Bonchev–Trinajstić information content (AvgIpc) is 2.28. The van der Waals surface area contributed by atoms with Crippen molar-refractivity contribution in [2.45, 2.75) is 45.4 Å². The molecule has 1 heterocycles. The second-order valence-electron chi connectivity index (χ2n) is 5.73. The van der Waals surface area contributed by atoms with Gasteiger partial charge in [-0.2, -0.15) is 0 Å². The minimum Gasteiger partial charge on any atom is -0.356 e. The lowest BCUT2D eigenvalue weighted by Crippen LogP contribution is -2.51. The van der Waals surface area contributed by atoms with Gasteiger partial charge in [0.05, 0.1) is 0 Å². The molecule has 1 saturated heterocycles. The number of nitrogens with one attached hydrogen (secondary N) is 1. The number of nitrogens with zero attached hydrogens (tertiary/aromatic N) is 1. The molecule has 1 aliphatic carbocycles. The Bertz CT molecular complexity index is 243. The summed E-state index contributed by atoms with van der Waals surface area (Å²) in [5.41, 5.74) is 0. The largest absolute Gasteiger partial charge is 0.356 e. The van der Waals surface area contributed by atoms with Gasteiger partial charge < -0.3 is 10.2 Å². The van der Waals surface area contributed by atoms with E-state index >= 15 is 0 Å². The van der Waals surface area contributed by atoms with Crippen LogP contribution in [0.15, 0.2) is 0 Å². The van der Waals surface area contributed by atoms with Gasteiger partial charge in [0.15, 0.2) is 0 Å². The lowest BCUT2D eigenvalue weighted by atomic mass is 9.87. The highest BCUT2D eigenvalue weighted by Gasteiger charge is 2.25. The first-order chi connectivity index (χ1) is 8.28. The monoisotopic (exact) mass is 238 g/mol. The first kappa shape index (κ1) is 12.9. The predicted octanol–water partition coefficient (Wildman–Crippen LogP) is 2.02. The highest BCUT2D eigenvalue weighted by Crippen LogP contribution is 2.26. The number of amides is 1. The fourth-order valence-electron chi connectivity index (χ4n) is 3.05. The molecule has 3 nitrogen and oxygen atoms in total. The van der Waals surface area contributed by atoms with Gasteiger partial charge in [0.25, 0.3) is 0 Å². The van der Waals surface area contributed by atoms with E-state index in [2.05, 4.69) is 17.1 Å². The highest BCUT2D eigenvalue weighted by molar-refractivity contribution is 5.76. The number of hydrogen-bond acceptors (Lipinski definition) is 2. The molecule has 17 heavy (non-hydrogen) atoms. The molecular weight excluding hydrogens is 212 g/mol. The van der Waals surface area contributed by atoms with Gasteiger partial charge in [-0.1, -0.05) is 26.2 Å². The van der Waals surface area contributed by atoms with E-state index in [9.17, 15) is 4.79 Å². The summed E-state index contributed by atoms with van der Waals surface area (Å²) in [5.74, 6) is 1.65. The third-order valence-electron chi connectivity index (χ3n) is 4.27. The maximum absolute atomic E-state index is 11.8. The van der Waals surface area contributed by atoms with Crippen molar-refractivity contribution in [3.8, 4) is 0 Å². The van der Waals surface area contributed by atoms with Gasteiger partial charge in [0.1, 0.15) is 0 Å². The summed E-state index contributed by atoms with van der Waals surface area (Å²) in [6.45, 7) is 6.56. The van der Waals surface area contributed by atoms with Crippen LogP contribution in [0.3, 0.4) is 0 Å². The van der Waals surface area contributed by atoms with Gasteiger partial charge in [-0.3, -0.25) is 4.79 Å². The Hall–Kier alpha value is -0.570. The van der Waals surface area contributed by atoms with E-state index in [4.69, 9.17) is 0 Å². The molecule has 98 valence electrons. The average molecular weight is 238 g/mol. The summed E-state index contributed by atoms with van der Waals surface area (Å²) in [7, 11) is 0. The van der Waals surface area contributed by atoms with Crippen LogP contribution in [-0.4, -0.2) is 37.0 Å². The highest BCUT2D eigenvalue weighted by atomic mass is 16.1. The second kappa shape index (κ2) is 6.39. The van der Waals surface area contributed by atoms with Crippen molar-refractivity contribution in [3.63, 3.8) is 0 Å². The van der Waals surface area contributed by atoms with E-state index in [0.717, 1.165) is 19.5 Å². The standard InChI is InChI=1S/C14H26N2O/c1-2-16-10-13(11-16)9-15-14(17)8-12-6-4-3-5-7-12/h12-13H,2-11H2,1H3,(H,15,17). The Morgan fingerprint density at radius 2 is 1.88 bits per heavy atom. The maximum atomic E-state index is 11.8. The zero-order chi connectivity index (χ0) is 12.1. The molecule has 2 fully saturated rings. The molecule has 3 heteroatoms. The van der Waals surface area contributed by atoms with E-state index < -0.39 is 0 Å². The summed E-state index contributed by atoms with van der Waals surface area (Å²) < 4.78 is 0. The third kappa shape index (κ3) is 3.98. The number of hydrogen-bond donors (Lipinski definition) is 1. The van der Waals surface area contributed by atoms with Gasteiger partial charge in [0, 0.05) is 32.0 Å². The van der Waals surface area contributed by atoms with Crippen molar-refractivity contribution in [1.29, 1.82) is 0 Å². The molecular formula is C14H26N2O. The quantitative estimate of drug-likeness (QED) is 0.795. The van der Waals surface area contributed by atoms with Crippen molar-refractivity contribution in [1.82, 2.24) is 10.2 Å². The molecule has 0 bridgehead atoms. The van der Waals surface area contributed by atoms with Crippen LogP contribution in [0.25, 0.3) is 0 Å². The van der Waals surface area contributed by atoms with Crippen LogP contribution in [0.1, 0.15) is 45.4 Å². The van der Waals surface area contributed by atoms with Gasteiger partial charge in [-0.25, -0.2) is 0 Å². The van der Waals surface area contributed by atoms with Crippen LogP contribution in [0.2, 0.25) is 0 Å². The van der Waals surface area contributed by atoms with E-state index in [1.165, 1.54) is 45.2 Å². The van der Waals surface area contributed by atoms with Crippen molar-refractivity contribution in [2.75, 3.05) is 26.2 Å². The lowest BCUT2D eigenvalue weighted by Gasteiger charge is -2.38. The molecule has 0 unspecified atom stereocenters. The summed E-state index contributed by atoms with van der Waals surface area (Å²) >= 11 is 0. The Kier molecular flexibility index (Phi) is 4.84. The van der Waals surface area contributed by atoms with Crippen molar-refractivity contribution in [3.05, 3.63) is 0 Å². The van der Waals surface area contributed by atoms with Gasteiger partial charge in [-0.05, 0) is 25.3 Å². The van der Waals surface area contributed by atoms with E-state index in [-0.39, 0.29) is 5.91 Å². The lowest BCUT2D eigenvalue weighted by molar-refractivity contribution is -0.122. The maximum Gasteiger partial charge on any atom is 0.220 e. The first-order valence-corrected chi connectivity index (χ1v) is 7.27. The molecule has 2 aliphatic rings. The topological polar surface area (TPSA) is 32.3 Å². The van der Waals surface area contributed by atoms with E-state index in [1.807, 2.05) is 0 Å². The molecule has 0 aromatic carbocycles. The van der Waals surface area contributed by atoms with Crippen LogP contribution in [0, 0.1) is 11.8 Å². The van der Waals surface area contributed by atoms with Crippen LogP contribution < -0.4 is 5.32 Å². The number of rotatable bonds is 5. The third-order valence-corrected chi connectivity index (χ3v) is 4.27. The smallest absolute Gasteiger partial charge is 0.220 e. The Labute approximate surface area is 105 Å². The molecule has 0 spiro atoms. The normalized spacial score (nSPS) is 23.4. The molecule has 0 aromatic heterocycles. The van der Waals surface area contributed by atoms with Crippen molar-refractivity contribution < 1.29 is 4.79 Å². The fraction of sp³-hybridized carbons (Fsp3) is 0.929. The molecule has 2 rings (SSSR count). The number of carbonyl (C=O) groups is 1. The second-order valence-corrected chi connectivity index (χ2v) is 5.73. The Morgan fingerprint density at radius 1 is 1.18 bits per heavy atom. The zero-order valence-electron chi connectivity index (χ0n) is 11.1. The van der Waals surface area contributed by atoms with Crippen LogP contribution >= 0.6 is 0 Å². The predicted molar refractivity (Wildman–Crippen MR) is 69.8 cm³/mol. The molecule has 1 amide bonds. The summed E-state index contributed by atoms with van der Waals surface area (Å²) in [5, 5.41) is 3.11. The SMILES string of the molecule is CCN1CC(CNC(=O)CC2CCCCC2)C1. The Morgan fingerprint density at radius 3 is 2.53 bits per heavy atom. The number of likely N-dealkylation sites (tertiary alicyclic amines) is 1. The van der Waals surface area contributed by atoms with Gasteiger partial charge in [-0.15, -0.1) is 0 Å². The molecule has 1 aliphatic heterocycles. The minimum atomic E-state index is 0.284.